The second kappa shape index (κ2) is 5.34. The van der Waals surface area contributed by atoms with Crippen molar-refractivity contribution in [3.63, 3.8) is 0 Å². The topological polar surface area (TPSA) is 12.4 Å². The molecular formula is C10H21N. The van der Waals surface area contributed by atoms with Gasteiger partial charge >= 0.3 is 0 Å². The van der Waals surface area contributed by atoms with Crippen LogP contribution in [0.4, 0.5) is 0 Å². The van der Waals surface area contributed by atoms with E-state index in [4.69, 9.17) is 0 Å². The Balaban J connectivity index is 3.63. The Bertz CT molecular complexity index is 123. The van der Waals surface area contributed by atoms with Crippen LogP contribution < -0.4 is 0 Å². The molecule has 0 atom stereocenters. The number of hydrogen-bond acceptors (Lipinski definition) is 1. The van der Waals surface area contributed by atoms with Crippen LogP contribution in [0, 0.1) is 11.8 Å². The quantitative estimate of drug-likeness (QED) is 0.553. The average Bonchev–Trinajstić information content (AvgIpc) is 1.82. The van der Waals surface area contributed by atoms with Crippen LogP contribution in [0.15, 0.2) is 4.99 Å². The molecule has 66 valence electrons. The first-order valence-electron chi connectivity index (χ1n) is 4.52. The first-order chi connectivity index (χ1) is 5.02. The van der Waals surface area contributed by atoms with Crippen molar-refractivity contribution in [3.05, 3.63) is 0 Å². The number of hydrogen-bond donors (Lipinski definition) is 0. The Morgan fingerprint density at radius 1 is 1.09 bits per heavy atom. The lowest BCUT2D eigenvalue weighted by atomic mass is 10.1. The summed E-state index contributed by atoms with van der Waals surface area (Å²) >= 11 is 0. The molecular weight excluding hydrogens is 134 g/mol. The molecule has 0 rings (SSSR count). The van der Waals surface area contributed by atoms with Gasteiger partial charge in [-0.2, -0.15) is 0 Å². The zero-order chi connectivity index (χ0) is 8.85. The van der Waals surface area contributed by atoms with Crippen molar-refractivity contribution >= 4 is 5.71 Å². The summed E-state index contributed by atoms with van der Waals surface area (Å²) in [7, 11) is 0. The molecule has 0 saturated heterocycles. The van der Waals surface area contributed by atoms with Gasteiger partial charge in [-0.25, -0.2) is 0 Å². The van der Waals surface area contributed by atoms with Crippen LogP contribution >= 0.6 is 0 Å². The third-order valence-corrected chi connectivity index (χ3v) is 1.43. The van der Waals surface area contributed by atoms with E-state index >= 15 is 0 Å². The second-order valence-corrected chi connectivity index (χ2v) is 4.07. The van der Waals surface area contributed by atoms with Gasteiger partial charge in [0.2, 0.25) is 0 Å². The van der Waals surface area contributed by atoms with Crippen LogP contribution in [0.5, 0.6) is 0 Å². The summed E-state index contributed by atoms with van der Waals surface area (Å²) in [5.41, 5.74) is 1.30. The molecule has 0 radical (unpaired) electrons. The van der Waals surface area contributed by atoms with Gasteiger partial charge in [-0.05, 0) is 25.2 Å². The van der Waals surface area contributed by atoms with E-state index in [-0.39, 0.29) is 0 Å². The van der Waals surface area contributed by atoms with Gasteiger partial charge in [0, 0.05) is 12.3 Å². The van der Waals surface area contributed by atoms with Crippen LogP contribution in [0.1, 0.15) is 41.0 Å². The first kappa shape index (κ1) is 10.7. The minimum Gasteiger partial charge on any atom is -0.294 e. The van der Waals surface area contributed by atoms with Gasteiger partial charge in [-0.1, -0.05) is 27.7 Å². The Kier molecular flexibility index (Phi) is 5.18. The summed E-state index contributed by atoms with van der Waals surface area (Å²) in [5.74, 6) is 1.43. The highest BCUT2D eigenvalue weighted by Crippen LogP contribution is 2.02. The highest BCUT2D eigenvalue weighted by atomic mass is 14.7. The molecule has 0 aromatic carbocycles. The van der Waals surface area contributed by atoms with Gasteiger partial charge in [0.05, 0.1) is 0 Å². The maximum absolute atomic E-state index is 4.48. The van der Waals surface area contributed by atoms with Crippen molar-refractivity contribution < 1.29 is 0 Å². The van der Waals surface area contributed by atoms with Crippen LogP contribution in [0.3, 0.4) is 0 Å². The Hall–Kier alpha value is -0.330. The Morgan fingerprint density at radius 3 is 2.00 bits per heavy atom. The number of aliphatic imine (C=N–C) groups is 1. The zero-order valence-electron chi connectivity index (χ0n) is 8.52. The summed E-state index contributed by atoms with van der Waals surface area (Å²) in [4.78, 5) is 4.48. The summed E-state index contributed by atoms with van der Waals surface area (Å²) in [6, 6.07) is 0. The molecule has 0 aliphatic rings. The minimum atomic E-state index is 0.692. The van der Waals surface area contributed by atoms with E-state index in [0.717, 1.165) is 18.9 Å². The van der Waals surface area contributed by atoms with Gasteiger partial charge in [0.1, 0.15) is 0 Å². The molecule has 0 aliphatic heterocycles. The molecule has 0 aromatic rings. The molecule has 0 unspecified atom stereocenters. The standard InChI is InChI=1S/C10H21N/c1-8(2)6-10(5)11-7-9(3)4/h8-9H,6-7H2,1-5H3. The predicted octanol–water partition coefficient (Wildman–Crippen LogP) is 3.15. The molecule has 0 heterocycles. The van der Waals surface area contributed by atoms with Gasteiger partial charge in [0.15, 0.2) is 0 Å². The van der Waals surface area contributed by atoms with E-state index in [0.29, 0.717) is 5.92 Å². The highest BCUT2D eigenvalue weighted by molar-refractivity contribution is 5.82. The molecule has 0 saturated carbocycles. The average molecular weight is 155 g/mol. The van der Waals surface area contributed by atoms with Crippen molar-refractivity contribution in [1.82, 2.24) is 0 Å². The SMILES string of the molecule is CC(CC(C)C)=NCC(C)C. The van der Waals surface area contributed by atoms with Gasteiger partial charge in [0.25, 0.3) is 0 Å². The normalized spacial score (nSPS) is 13.2. The highest BCUT2D eigenvalue weighted by Gasteiger charge is 1.97. The largest absolute Gasteiger partial charge is 0.294 e. The minimum absolute atomic E-state index is 0.692. The fourth-order valence-corrected chi connectivity index (χ4v) is 0.994. The lowest BCUT2D eigenvalue weighted by Crippen LogP contribution is -2.01. The van der Waals surface area contributed by atoms with Crippen molar-refractivity contribution in [2.24, 2.45) is 16.8 Å². The summed E-state index contributed by atoms with van der Waals surface area (Å²) in [6.07, 6.45) is 1.15. The summed E-state index contributed by atoms with van der Waals surface area (Å²) < 4.78 is 0. The van der Waals surface area contributed by atoms with Crippen molar-refractivity contribution in [1.29, 1.82) is 0 Å². The summed E-state index contributed by atoms with van der Waals surface area (Å²) in [6.45, 7) is 12.0. The van der Waals surface area contributed by atoms with Crippen LogP contribution in [0.25, 0.3) is 0 Å². The lowest BCUT2D eigenvalue weighted by molar-refractivity contribution is 0.649. The Labute approximate surface area is 70.9 Å². The fourth-order valence-electron chi connectivity index (χ4n) is 0.994. The van der Waals surface area contributed by atoms with Crippen molar-refractivity contribution in [2.45, 2.75) is 41.0 Å². The second-order valence-electron chi connectivity index (χ2n) is 4.07. The Morgan fingerprint density at radius 2 is 1.64 bits per heavy atom. The third kappa shape index (κ3) is 7.57. The van der Waals surface area contributed by atoms with E-state index in [9.17, 15) is 0 Å². The van der Waals surface area contributed by atoms with Gasteiger partial charge in [-0.15, -0.1) is 0 Å². The first-order valence-corrected chi connectivity index (χ1v) is 4.52. The molecule has 1 nitrogen and oxygen atoms in total. The lowest BCUT2D eigenvalue weighted by Gasteiger charge is -2.05. The van der Waals surface area contributed by atoms with E-state index in [1.807, 2.05) is 0 Å². The fraction of sp³-hybridized carbons (Fsp3) is 0.900. The number of rotatable bonds is 4. The van der Waals surface area contributed by atoms with Crippen molar-refractivity contribution in [3.8, 4) is 0 Å². The van der Waals surface area contributed by atoms with Crippen LogP contribution in [-0.4, -0.2) is 12.3 Å². The molecule has 0 N–H and O–H groups in total. The maximum Gasteiger partial charge on any atom is 0.0411 e. The third-order valence-electron chi connectivity index (χ3n) is 1.43. The molecule has 0 aromatic heterocycles. The molecule has 0 bridgehead atoms. The van der Waals surface area contributed by atoms with Gasteiger partial charge < -0.3 is 0 Å². The molecule has 0 fully saturated rings. The van der Waals surface area contributed by atoms with Crippen LogP contribution in [0.2, 0.25) is 0 Å². The smallest absolute Gasteiger partial charge is 0.0411 e. The monoisotopic (exact) mass is 155 g/mol. The summed E-state index contributed by atoms with van der Waals surface area (Å²) in [5, 5.41) is 0. The molecule has 0 amide bonds. The van der Waals surface area contributed by atoms with E-state index in [1.165, 1.54) is 5.71 Å². The van der Waals surface area contributed by atoms with Crippen molar-refractivity contribution in [2.75, 3.05) is 6.54 Å². The van der Waals surface area contributed by atoms with Gasteiger partial charge in [-0.3, -0.25) is 4.99 Å². The number of nitrogens with zero attached hydrogens (tertiary/aromatic N) is 1. The molecule has 0 aliphatic carbocycles. The predicted molar refractivity (Wildman–Crippen MR) is 52.3 cm³/mol. The zero-order valence-corrected chi connectivity index (χ0v) is 8.52. The van der Waals surface area contributed by atoms with E-state index in [2.05, 4.69) is 39.6 Å². The van der Waals surface area contributed by atoms with E-state index in [1.54, 1.807) is 0 Å². The van der Waals surface area contributed by atoms with Crippen LogP contribution in [-0.2, 0) is 0 Å². The van der Waals surface area contributed by atoms with E-state index < -0.39 is 0 Å². The molecule has 1 heteroatoms. The molecule has 11 heavy (non-hydrogen) atoms. The maximum atomic E-state index is 4.48. The molecule has 0 spiro atoms.